The van der Waals surface area contributed by atoms with Crippen LogP contribution >= 0.6 is 23.2 Å². The van der Waals surface area contributed by atoms with Crippen LogP contribution in [0.2, 0.25) is 10.0 Å². The van der Waals surface area contributed by atoms with Gasteiger partial charge in [0.25, 0.3) is 6.43 Å². The summed E-state index contributed by atoms with van der Waals surface area (Å²) in [6.07, 6.45) is 0.0711. The number of hydrogen-bond donors (Lipinski definition) is 1. The number of alkyl halides is 2. The predicted molar refractivity (Wildman–Crippen MR) is 117 cm³/mol. The lowest BCUT2D eigenvalue weighted by molar-refractivity contribution is -0.129. The number of benzene rings is 2. The summed E-state index contributed by atoms with van der Waals surface area (Å²) in [4.78, 5) is 17.4. The van der Waals surface area contributed by atoms with Crippen LogP contribution in [0.15, 0.2) is 41.6 Å². The molecule has 0 radical (unpaired) electrons. The van der Waals surface area contributed by atoms with Gasteiger partial charge in [-0.15, -0.1) is 0 Å². The number of nitrogens with one attached hydrogen (secondary N) is 1. The summed E-state index contributed by atoms with van der Waals surface area (Å²) in [5.74, 6) is 0.220. The first-order chi connectivity index (χ1) is 14.8. The van der Waals surface area contributed by atoms with E-state index in [-0.39, 0.29) is 33.9 Å². The highest BCUT2D eigenvalue weighted by atomic mass is 35.5. The lowest BCUT2D eigenvalue weighted by atomic mass is 9.85. The van der Waals surface area contributed by atoms with Crippen molar-refractivity contribution in [2.24, 2.45) is 11.1 Å². The Hall–Kier alpha value is -2.18. The summed E-state index contributed by atoms with van der Waals surface area (Å²) in [6, 6.07) is 9.90. The molecule has 1 fully saturated rings. The average Bonchev–Trinajstić information content (AvgIpc) is 3.12. The second kappa shape index (κ2) is 8.75. The molecule has 1 saturated carbocycles. The number of nitrogens with zero attached hydrogens (tertiary/aromatic N) is 1. The first-order valence-electron chi connectivity index (χ1n) is 10.2. The van der Waals surface area contributed by atoms with Gasteiger partial charge in [0.2, 0.25) is 11.5 Å². The highest BCUT2D eigenvalue weighted by molar-refractivity contribution is 6.34. The number of halogens is 4. The number of oxime groups is 1. The van der Waals surface area contributed by atoms with Gasteiger partial charge in [-0.05, 0) is 60.7 Å². The Balaban J connectivity index is 1.51. The topological polar surface area (TPSA) is 50.7 Å². The molecular formula is C23H22Cl2F2N2O2. The van der Waals surface area contributed by atoms with E-state index >= 15 is 0 Å². The maximum atomic E-state index is 14.1. The molecule has 31 heavy (non-hydrogen) atoms. The molecule has 1 N–H and O–H groups in total. The van der Waals surface area contributed by atoms with E-state index in [1.807, 2.05) is 25.1 Å². The summed E-state index contributed by atoms with van der Waals surface area (Å²) in [5.41, 5.74) is 1.28. The molecule has 1 amide bonds. The van der Waals surface area contributed by atoms with Crippen molar-refractivity contribution in [2.75, 3.05) is 0 Å². The van der Waals surface area contributed by atoms with Crippen molar-refractivity contribution >= 4 is 34.8 Å². The number of carbonyl (C=O) groups is 1. The molecule has 164 valence electrons. The van der Waals surface area contributed by atoms with Crippen LogP contribution in [-0.4, -0.2) is 18.0 Å². The minimum Gasteiger partial charge on any atom is -0.378 e. The third-order valence-electron chi connectivity index (χ3n) is 6.06. The first kappa shape index (κ1) is 22.0. The maximum Gasteiger partial charge on any atom is 0.284 e. The largest absolute Gasteiger partial charge is 0.378 e. The van der Waals surface area contributed by atoms with Crippen LogP contribution in [0.3, 0.4) is 0 Å². The molecule has 0 aromatic heterocycles. The number of aryl methyl sites for hydroxylation is 1. The fraction of sp³-hybridized carbons (Fsp3) is 0.391. The van der Waals surface area contributed by atoms with Gasteiger partial charge in [0.1, 0.15) is 0 Å². The second-order valence-electron chi connectivity index (χ2n) is 8.14. The normalized spacial score (nSPS) is 20.9. The molecule has 0 spiro atoms. The van der Waals surface area contributed by atoms with Crippen molar-refractivity contribution in [1.82, 2.24) is 5.32 Å². The Kier molecular flexibility index (Phi) is 6.22. The van der Waals surface area contributed by atoms with E-state index in [4.69, 9.17) is 28.0 Å². The predicted octanol–water partition coefficient (Wildman–Crippen LogP) is 6.00. The maximum absolute atomic E-state index is 14.1. The van der Waals surface area contributed by atoms with Crippen LogP contribution in [0.5, 0.6) is 0 Å². The fourth-order valence-electron chi connectivity index (χ4n) is 3.87. The molecule has 1 unspecified atom stereocenters. The van der Waals surface area contributed by atoms with Gasteiger partial charge in [-0.2, -0.15) is 0 Å². The van der Waals surface area contributed by atoms with Crippen LogP contribution in [-0.2, 0) is 21.8 Å². The fourth-order valence-corrected chi connectivity index (χ4v) is 4.40. The van der Waals surface area contributed by atoms with Crippen LogP contribution in [0.1, 0.15) is 47.9 Å². The molecule has 1 aliphatic carbocycles. The molecule has 4 rings (SSSR count). The molecular weight excluding hydrogens is 445 g/mol. The van der Waals surface area contributed by atoms with E-state index in [2.05, 4.69) is 10.5 Å². The van der Waals surface area contributed by atoms with E-state index < -0.39 is 12.0 Å². The zero-order chi connectivity index (χ0) is 22.2. The minimum absolute atomic E-state index is 0.0881. The van der Waals surface area contributed by atoms with Gasteiger partial charge in [-0.3, -0.25) is 4.79 Å². The molecule has 0 bridgehead atoms. The molecule has 1 atom stereocenters. The Morgan fingerprint density at radius 1 is 1.23 bits per heavy atom. The zero-order valence-corrected chi connectivity index (χ0v) is 18.4. The Bertz CT molecular complexity index is 1020. The standard InChI is InChI=1S/C23H22Cl2F2N2O2/c1-13-7-15(5-6-16(13)12-28-21(30)14-3-2-4-14)20-11-23(22(26)27,31-29-20)17-8-18(24)10-19(25)9-17/h5-10,14,22H,2-4,11-12H2,1H3,(H,28,30). The highest BCUT2D eigenvalue weighted by Crippen LogP contribution is 2.43. The van der Waals surface area contributed by atoms with Crippen molar-refractivity contribution in [3.05, 3.63) is 68.7 Å². The molecule has 2 aromatic rings. The zero-order valence-electron chi connectivity index (χ0n) is 16.9. The van der Waals surface area contributed by atoms with Gasteiger partial charge in [0.05, 0.1) is 5.71 Å². The molecule has 4 nitrogen and oxygen atoms in total. The summed E-state index contributed by atoms with van der Waals surface area (Å²) < 4.78 is 28.3. The van der Waals surface area contributed by atoms with Gasteiger partial charge in [-0.25, -0.2) is 8.78 Å². The third kappa shape index (κ3) is 4.41. The van der Waals surface area contributed by atoms with Crippen molar-refractivity contribution < 1.29 is 18.4 Å². The van der Waals surface area contributed by atoms with Gasteiger partial charge in [-0.1, -0.05) is 46.9 Å². The van der Waals surface area contributed by atoms with Gasteiger partial charge in [0.15, 0.2) is 0 Å². The third-order valence-corrected chi connectivity index (χ3v) is 6.49. The molecule has 2 aromatic carbocycles. The Labute approximate surface area is 189 Å². The molecule has 1 heterocycles. The first-order valence-corrected chi connectivity index (χ1v) is 10.9. The van der Waals surface area contributed by atoms with Gasteiger partial charge >= 0.3 is 0 Å². The van der Waals surface area contributed by atoms with Crippen LogP contribution in [0.25, 0.3) is 0 Å². The molecule has 1 aliphatic heterocycles. The number of hydrogen-bond acceptors (Lipinski definition) is 3. The lowest BCUT2D eigenvalue weighted by Gasteiger charge is -2.26. The average molecular weight is 467 g/mol. The summed E-state index contributed by atoms with van der Waals surface area (Å²) in [5, 5.41) is 7.46. The van der Waals surface area contributed by atoms with Crippen LogP contribution in [0.4, 0.5) is 8.78 Å². The summed E-state index contributed by atoms with van der Waals surface area (Å²) >= 11 is 12.0. The second-order valence-corrected chi connectivity index (χ2v) is 9.01. The summed E-state index contributed by atoms with van der Waals surface area (Å²) in [7, 11) is 0. The van der Waals surface area contributed by atoms with Crippen LogP contribution < -0.4 is 5.32 Å². The Morgan fingerprint density at radius 2 is 1.94 bits per heavy atom. The van der Waals surface area contributed by atoms with Crippen molar-refractivity contribution in [1.29, 1.82) is 0 Å². The molecule has 2 aliphatic rings. The summed E-state index contributed by atoms with van der Waals surface area (Å²) in [6.45, 7) is 2.36. The number of rotatable bonds is 6. The quantitative estimate of drug-likeness (QED) is 0.567. The van der Waals surface area contributed by atoms with E-state index in [1.54, 1.807) is 0 Å². The molecule has 0 saturated heterocycles. The van der Waals surface area contributed by atoms with Gasteiger partial charge in [0, 0.05) is 34.5 Å². The van der Waals surface area contributed by atoms with E-state index in [1.165, 1.54) is 18.2 Å². The Morgan fingerprint density at radius 3 is 2.52 bits per heavy atom. The van der Waals surface area contributed by atoms with E-state index in [9.17, 15) is 13.6 Å². The lowest BCUT2D eigenvalue weighted by Crippen LogP contribution is -2.35. The number of amides is 1. The van der Waals surface area contributed by atoms with Crippen molar-refractivity contribution in [3.8, 4) is 0 Å². The van der Waals surface area contributed by atoms with Crippen molar-refractivity contribution in [2.45, 2.75) is 51.2 Å². The van der Waals surface area contributed by atoms with E-state index in [0.717, 1.165) is 30.4 Å². The van der Waals surface area contributed by atoms with Crippen LogP contribution in [0, 0.1) is 12.8 Å². The number of carbonyl (C=O) groups excluding carboxylic acids is 1. The minimum atomic E-state index is -2.83. The SMILES string of the molecule is Cc1cc(C2=NOC(c3cc(Cl)cc(Cl)c3)(C(F)F)C2)ccc1CNC(=O)C1CCC1. The smallest absolute Gasteiger partial charge is 0.284 e. The molecule has 8 heteroatoms. The van der Waals surface area contributed by atoms with Gasteiger partial charge < -0.3 is 10.2 Å². The monoisotopic (exact) mass is 466 g/mol. The highest BCUT2D eigenvalue weighted by Gasteiger charge is 2.50. The van der Waals surface area contributed by atoms with Crippen molar-refractivity contribution in [3.63, 3.8) is 0 Å². The van der Waals surface area contributed by atoms with E-state index in [0.29, 0.717) is 17.8 Å².